The molecule has 0 unspecified atom stereocenters. The third-order valence-electron chi connectivity index (χ3n) is 3.74. The quantitative estimate of drug-likeness (QED) is 0.294. The van der Waals surface area contributed by atoms with Gasteiger partial charge in [-0.25, -0.2) is 14.0 Å². The van der Waals surface area contributed by atoms with Crippen LogP contribution in [0, 0.1) is 15.9 Å². The summed E-state index contributed by atoms with van der Waals surface area (Å²) >= 11 is 0. The summed E-state index contributed by atoms with van der Waals surface area (Å²) < 4.78 is 18.1. The van der Waals surface area contributed by atoms with Crippen LogP contribution in [0.5, 0.6) is 5.75 Å². The Morgan fingerprint density at radius 2 is 1.66 bits per heavy atom. The van der Waals surface area contributed by atoms with Crippen molar-refractivity contribution in [2.45, 2.75) is 0 Å². The van der Waals surface area contributed by atoms with Gasteiger partial charge in [0.2, 0.25) is 0 Å². The van der Waals surface area contributed by atoms with Crippen LogP contribution in [0.15, 0.2) is 58.1 Å². The predicted octanol–water partition coefficient (Wildman–Crippen LogP) is 2.50. The van der Waals surface area contributed by atoms with Gasteiger partial charge in [-0.1, -0.05) is 18.2 Å². The van der Waals surface area contributed by atoms with Crippen LogP contribution in [0.2, 0.25) is 0 Å². The van der Waals surface area contributed by atoms with Gasteiger partial charge in [0.1, 0.15) is 17.3 Å². The lowest BCUT2D eigenvalue weighted by Crippen LogP contribution is -2.25. The smallest absolute Gasteiger partial charge is 0.357 e. The molecule has 29 heavy (non-hydrogen) atoms. The van der Waals surface area contributed by atoms with Gasteiger partial charge < -0.3 is 9.72 Å². The first kappa shape index (κ1) is 19.4. The molecule has 146 valence electrons. The van der Waals surface area contributed by atoms with Gasteiger partial charge >= 0.3 is 22.9 Å². The summed E-state index contributed by atoms with van der Waals surface area (Å²) in [5.41, 5.74) is -2.28. The third kappa shape index (κ3) is 4.69. The van der Waals surface area contributed by atoms with Crippen LogP contribution >= 0.6 is 0 Å². The minimum atomic E-state index is -1.11. The molecule has 10 heteroatoms. The highest BCUT2D eigenvalue weighted by Gasteiger charge is 2.18. The van der Waals surface area contributed by atoms with E-state index in [1.807, 2.05) is 0 Å². The maximum Gasteiger partial charge on any atom is 0.357 e. The lowest BCUT2D eigenvalue weighted by molar-refractivity contribution is -0.386. The van der Waals surface area contributed by atoms with Gasteiger partial charge in [0, 0.05) is 0 Å². The fourth-order valence-corrected chi connectivity index (χ4v) is 2.38. The van der Waals surface area contributed by atoms with Crippen molar-refractivity contribution in [1.29, 1.82) is 0 Å². The van der Waals surface area contributed by atoms with E-state index in [-0.39, 0.29) is 17.0 Å². The van der Waals surface area contributed by atoms with Gasteiger partial charge in [-0.2, -0.15) is 0 Å². The second-order valence-corrected chi connectivity index (χ2v) is 5.73. The Bertz CT molecular complexity index is 1210. The number of nitro groups is 1. The molecule has 0 aliphatic rings. The van der Waals surface area contributed by atoms with E-state index in [1.54, 1.807) is 17.1 Å². The van der Waals surface area contributed by atoms with Crippen LogP contribution in [0.3, 0.4) is 0 Å². The fraction of sp³-hybridized carbons (Fsp3) is 0. The standard InChI is InChI=1S/C19H12FN3O6/c20-13-6-4-12(5-7-13)18(25)29-14-8-1-11(2-9-14)3-10-15-16(23(27)28)17(24)22-19(26)21-15/h1-10H,(H2,21,22,24,26)/b10-3+. The highest BCUT2D eigenvalue weighted by Crippen LogP contribution is 2.17. The first-order chi connectivity index (χ1) is 13.8. The number of halogens is 1. The molecule has 0 aliphatic carbocycles. The average molecular weight is 397 g/mol. The number of hydrogen-bond donors (Lipinski definition) is 2. The molecular weight excluding hydrogens is 385 g/mol. The molecule has 2 aromatic carbocycles. The summed E-state index contributed by atoms with van der Waals surface area (Å²) in [6.07, 6.45) is 2.65. The Kier molecular flexibility index (Phi) is 5.44. The topological polar surface area (TPSA) is 135 Å². The monoisotopic (exact) mass is 397 g/mol. The number of carbonyl (C=O) groups is 1. The van der Waals surface area contributed by atoms with Crippen LogP contribution in [0.4, 0.5) is 10.1 Å². The van der Waals surface area contributed by atoms with Crippen LogP contribution in [0.25, 0.3) is 12.2 Å². The Morgan fingerprint density at radius 1 is 1.00 bits per heavy atom. The molecule has 0 atom stereocenters. The fourth-order valence-electron chi connectivity index (χ4n) is 2.38. The highest BCUT2D eigenvalue weighted by atomic mass is 19.1. The van der Waals surface area contributed by atoms with Crippen molar-refractivity contribution in [3.8, 4) is 5.75 Å². The minimum Gasteiger partial charge on any atom is -0.423 e. The van der Waals surface area contributed by atoms with Crippen LogP contribution in [-0.4, -0.2) is 20.9 Å². The maximum atomic E-state index is 12.9. The van der Waals surface area contributed by atoms with E-state index < -0.39 is 33.6 Å². The summed E-state index contributed by atoms with van der Waals surface area (Å²) in [6, 6.07) is 11.0. The van der Waals surface area contributed by atoms with Crippen LogP contribution in [0.1, 0.15) is 21.6 Å². The molecule has 1 heterocycles. The molecule has 0 fully saturated rings. The summed E-state index contributed by atoms with van der Waals surface area (Å²) in [4.78, 5) is 49.0. The Hall–Kier alpha value is -4.34. The van der Waals surface area contributed by atoms with Gasteiger partial charge in [-0.15, -0.1) is 0 Å². The van der Waals surface area contributed by atoms with Crippen molar-refractivity contribution >= 4 is 23.8 Å². The summed E-state index contributed by atoms with van der Waals surface area (Å²) in [5.74, 6) is -0.906. The lowest BCUT2D eigenvalue weighted by Gasteiger charge is -2.04. The third-order valence-corrected chi connectivity index (χ3v) is 3.74. The number of carbonyl (C=O) groups excluding carboxylic acids is 1. The molecule has 3 rings (SSSR count). The summed E-state index contributed by atoms with van der Waals surface area (Å²) in [6.45, 7) is 0. The SMILES string of the molecule is O=C(Oc1ccc(/C=C/c2[nH]c(=O)[nH]c(=O)c2[N+](=O)[O-])cc1)c1ccc(F)cc1. The number of nitrogens with one attached hydrogen (secondary N) is 2. The number of aromatic amines is 2. The van der Waals surface area contributed by atoms with E-state index >= 15 is 0 Å². The van der Waals surface area contributed by atoms with Crippen molar-refractivity contribution in [1.82, 2.24) is 9.97 Å². The van der Waals surface area contributed by atoms with Crippen LogP contribution in [-0.2, 0) is 0 Å². The molecule has 0 amide bonds. The normalized spacial score (nSPS) is 10.8. The Labute approximate surface area is 161 Å². The second kappa shape index (κ2) is 8.13. The Balaban J connectivity index is 1.77. The number of esters is 1. The molecule has 0 bridgehead atoms. The molecular formula is C19H12FN3O6. The maximum absolute atomic E-state index is 12.9. The van der Waals surface area contributed by atoms with Crippen molar-refractivity contribution < 1.29 is 18.8 Å². The zero-order chi connectivity index (χ0) is 21.0. The zero-order valence-corrected chi connectivity index (χ0v) is 14.5. The van der Waals surface area contributed by atoms with E-state index in [2.05, 4.69) is 4.98 Å². The predicted molar refractivity (Wildman–Crippen MR) is 101 cm³/mol. The number of benzene rings is 2. The molecule has 1 aromatic heterocycles. The van der Waals surface area contributed by atoms with E-state index in [0.717, 1.165) is 12.1 Å². The van der Waals surface area contributed by atoms with Crippen molar-refractivity contribution in [2.75, 3.05) is 0 Å². The molecule has 2 N–H and O–H groups in total. The molecule has 9 nitrogen and oxygen atoms in total. The highest BCUT2D eigenvalue weighted by molar-refractivity contribution is 5.91. The first-order valence-electron chi connectivity index (χ1n) is 8.10. The number of rotatable bonds is 5. The minimum absolute atomic E-state index is 0.181. The van der Waals surface area contributed by atoms with E-state index in [0.29, 0.717) is 5.56 Å². The lowest BCUT2D eigenvalue weighted by atomic mass is 10.2. The van der Waals surface area contributed by atoms with Crippen molar-refractivity contribution in [3.05, 3.63) is 102 Å². The molecule has 0 aliphatic heterocycles. The largest absolute Gasteiger partial charge is 0.423 e. The van der Waals surface area contributed by atoms with Crippen LogP contribution < -0.4 is 16.0 Å². The molecule has 0 saturated heterocycles. The summed E-state index contributed by atoms with van der Waals surface area (Å²) in [7, 11) is 0. The van der Waals surface area contributed by atoms with Gasteiger partial charge in [0.05, 0.1) is 10.5 Å². The van der Waals surface area contributed by atoms with Crippen molar-refractivity contribution in [3.63, 3.8) is 0 Å². The van der Waals surface area contributed by atoms with E-state index in [1.165, 1.54) is 36.4 Å². The molecule has 0 radical (unpaired) electrons. The number of hydrogen-bond acceptors (Lipinski definition) is 6. The van der Waals surface area contributed by atoms with E-state index in [4.69, 9.17) is 4.74 Å². The first-order valence-corrected chi connectivity index (χ1v) is 8.10. The second-order valence-electron chi connectivity index (χ2n) is 5.73. The van der Waals surface area contributed by atoms with Crippen molar-refractivity contribution in [2.24, 2.45) is 0 Å². The summed E-state index contributed by atoms with van der Waals surface area (Å²) in [5, 5.41) is 11.0. The number of nitrogens with zero attached hydrogens (tertiary/aromatic N) is 1. The van der Waals surface area contributed by atoms with E-state index in [9.17, 15) is 28.9 Å². The van der Waals surface area contributed by atoms with Gasteiger partial charge in [0.25, 0.3) is 0 Å². The molecule has 3 aromatic rings. The number of aromatic nitrogens is 2. The molecule has 0 saturated carbocycles. The number of ether oxygens (including phenoxy) is 1. The average Bonchev–Trinajstić information content (AvgIpc) is 2.67. The van der Waals surface area contributed by atoms with Gasteiger partial charge in [-0.3, -0.25) is 19.9 Å². The Morgan fingerprint density at radius 3 is 2.28 bits per heavy atom. The molecule has 0 spiro atoms. The van der Waals surface area contributed by atoms with Gasteiger partial charge in [0.15, 0.2) is 0 Å². The van der Waals surface area contributed by atoms with Gasteiger partial charge in [-0.05, 0) is 48.0 Å². The zero-order valence-electron chi connectivity index (χ0n) is 14.5. The number of H-pyrrole nitrogens is 2.